The summed E-state index contributed by atoms with van der Waals surface area (Å²) in [6.07, 6.45) is 9.23. The Labute approximate surface area is 194 Å². The molecule has 0 saturated heterocycles. The molecule has 0 amide bonds. The summed E-state index contributed by atoms with van der Waals surface area (Å²) >= 11 is 1.98. The summed E-state index contributed by atoms with van der Waals surface area (Å²) in [5.41, 5.74) is 4.85. The highest BCUT2D eigenvalue weighted by Gasteiger charge is 2.24. The van der Waals surface area contributed by atoms with Crippen LogP contribution in [0, 0.1) is 0 Å². The molecule has 1 fully saturated rings. The highest BCUT2D eigenvalue weighted by Crippen LogP contribution is 2.28. The Morgan fingerprint density at radius 2 is 2.00 bits per heavy atom. The minimum atomic E-state index is 0.512. The molecule has 0 spiro atoms. The zero-order valence-electron chi connectivity index (χ0n) is 18.9. The summed E-state index contributed by atoms with van der Waals surface area (Å²) < 4.78 is 1.83. The van der Waals surface area contributed by atoms with Gasteiger partial charge in [0.1, 0.15) is 12.7 Å². The topological polar surface area (TPSA) is 67.1 Å². The van der Waals surface area contributed by atoms with Gasteiger partial charge in [0.2, 0.25) is 0 Å². The van der Waals surface area contributed by atoms with Crippen molar-refractivity contribution < 1.29 is 0 Å². The predicted molar refractivity (Wildman–Crippen MR) is 134 cm³/mol. The smallest absolute Gasteiger partial charge is 0.191 e. The Hall–Kier alpha value is -2.80. The van der Waals surface area contributed by atoms with Crippen LogP contribution in [0.2, 0.25) is 0 Å². The maximum atomic E-state index is 4.92. The van der Waals surface area contributed by atoms with Gasteiger partial charge in [-0.25, -0.2) is 14.7 Å². The molecule has 2 unspecified atom stereocenters. The van der Waals surface area contributed by atoms with Crippen LogP contribution < -0.4 is 10.6 Å². The van der Waals surface area contributed by atoms with Gasteiger partial charge >= 0.3 is 0 Å². The zero-order valence-corrected chi connectivity index (χ0v) is 19.7. The molecule has 2 N–H and O–H groups in total. The molecule has 0 bridgehead atoms. The second-order valence-electron chi connectivity index (χ2n) is 8.15. The first-order valence-corrected chi connectivity index (χ1v) is 12.6. The van der Waals surface area contributed by atoms with Crippen LogP contribution in [-0.4, -0.2) is 44.8 Å². The number of guanidine groups is 1. The Bertz CT molecular complexity index is 1000. The van der Waals surface area contributed by atoms with Crippen molar-refractivity contribution >= 4 is 17.7 Å². The summed E-state index contributed by atoms with van der Waals surface area (Å²) in [6.45, 7) is 4.35. The van der Waals surface area contributed by atoms with E-state index < -0.39 is 0 Å². The highest BCUT2D eigenvalue weighted by atomic mass is 32.2. The van der Waals surface area contributed by atoms with E-state index in [1.165, 1.54) is 41.5 Å². The van der Waals surface area contributed by atoms with E-state index in [4.69, 9.17) is 4.99 Å². The number of rotatable bonds is 8. The summed E-state index contributed by atoms with van der Waals surface area (Å²) in [7, 11) is 0. The number of hydrogen-bond acceptors (Lipinski definition) is 4. The van der Waals surface area contributed by atoms with E-state index in [9.17, 15) is 0 Å². The van der Waals surface area contributed by atoms with Crippen molar-refractivity contribution in [2.45, 2.75) is 50.6 Å². The number of hydrogen-bond donors (Lipinski definition) is 2. The molecule has 32 heavy (non-hydrogen) atoms. The van der Waals surface area contributed by atoms with E-state index in [0.29, 0.717) is 12.6 Å². The van der Waals surface area contributed by atoms with Crippen LogP contribution in [0.1, 0.15) is 37.3 Å². The van der Waals surface area contributed by atoms with Crippen molar-refractivity contribution in [3.63, 3.8) is 0 Å². The fourth-order valence-electron chi connectivity index (χ4n) is 4.19. The molecular weight excluding hydrogens is 416 g/mol. The van der Waals surface area contributed by atoms with Gasteiger partial charge in [0, 0.05) is 17.8 Å². The van der Waals surface area contributed by atoms with Crippen LogP contribution in [0.5, 0.6) is 0 Å². The number of thioether (sulfide) groups is 1. The molecule has 0 radical (unpaired) electrons. The molecule has 1 heterocycles. The van der Waals surface area contributed by atoms with Crippen molar-refractivity contribution in [2.75, 3.05) is 12.8 Å². The lowest BCUT2D eigenvalue weighted by atomic mass is 9.98. The zero-order chi connectivity index (χ0) is 22.2. The number of aliphatic imine (C=N–C) groups is 1. The fraction of sp³-hybridized carbons (Fsp3) is 0.400. The van der Waals surface area contributed by atoms with E-state index in [0.717, 1.165) is 24.3 Å². The Morgan fingerprint density at radius 1 is 1.16 bits per heavy atom. The summed E-state index contributed by atoms with van der Waals surface area (Å²) in [5, 5.41) is 12.0. The first-order chi connectivity index (χ1) is 15.7. The van der Waals surface area contributed by atoms with Gasteiger partial charge in [0.05, 0.1) is 13.1 Å². The minimum Gasteiger partial charge on any atom is -0.357 e. The monoisotopic (exact) mass is 448 g/mol. The normalized spacial score (nSPS) is 18.6. The van der Waals surface area contributed by atoms with E-state index in [2.05, 4.69) is 82.4 Å². The van der Waals surface area contributed by atoms with Crippen molar-refractivity contribution in [2.24, 2.45) is 4.99 Å². The predicted octanol–water partition coefficient (Wildman–Crippen LogP) is 4.33. The lowest BCUT2D eigenvalue weighted by molar-refractivity contribution is 0.615. The average molecular weight is 449 g/mol. The lowest BCUT2D eigenvalue weighted by Crippen LogP contribution is -2.42. The van der Waals surface area contributed by atoms with E-state index in [1.807, 2.05) is 16.4 Å². The standard InChI is InChI=1S/C25H32N6S/c1-3-27-25(30-22-12-13-23(14-22)32-2)28-15-21-6-4-5-7-24(21)20-10-8-19(9-11-20)16-31-18-26-17-29-31/h4-11,17-18,22-23H,3,12-16H2,1-2H3,(H2,27,28,30). The molecule has 0 aliphatic heterocycles. The Kier molecular flexibility index (Phi) is 7.82. The molecule has 7 heteroatoms. The first kappa shape index (κ1) is 22.4. The Balaban J connectivity index is 1.46. The molecule has 1 aromatic heterocycles. The molecule has 4 rings (SSSR count). The molecular formula is C25H32N6S. The van der Waals surface area contributed by atoms with Gasteiger partial charge in [-0.05, 0) is 54.7 Å². The van der Waals surface area contributed by atoms with E-state index in [1.54, 1.807) is 12.7 Å². The molecule has 2 atom stereocenters. The second-order valence-corrected chi connectivity index (χ2v) is 9.29. The summed E-state index contributed by atoms with van der Waals surface area (Å²) in [6, 6.07) is 17.7. The average Bonchev–Trinajstić information content (AvgIpc) is 3.50. The van der Waals surface area contributed by atoms with Crippen LogP contribution in [0.3, 0.4) is 0 Å². The van der Waals surface area contributed by atoms with Crippen molar-refractivity contribution in [3.05, 3.63) is 72.3 Å². The van der Waals surface area contributed by atoms with Gasteiger partial charge < -0.3 is 10.6 Å². The molecule has 3 aromatic rings. The fourth-order valence-corrected chi connectivity index (χ4v) is 4.99. The van der Waals surface area contributed by atoms with Gasteiger partial charge in [0.15, 0.2) is 5.96 Å². The largest absolute Gasteiger partial charge is 0.357 e. The first-order valence-electron chi connectivity index (χ1n) is 11.3. The maximum absolute atomic E-state index is 4.92. The minimum absolute atomic E-state index is 0.512. The van der Waals surface area contributed by atoms with Crippen molar-refractivity contribution in [1.82, 2.24) is 25.4 Å². The van der Waals surface area contributed by atoms with Crippen LogP contribution >= 0.6 is 11.8 Å². The van der Waals surface area contributed by atoms with Crippen LogP contribution in [0.4, 0.5) is 0 Å². The quantitative estimate of drug-likeness (QED) is 0.397. The third-order valence-corrected chi connectivity index (χ3v) is 7.00. The molecule has 168 valence electrons. The number of aromatic nitrogens is 3. The second kappa shape index (κ2) is 11.2. The van der Waals surface area contributed by atoms with Crippen molar-refractivity contribution in [3.8, 4) is 11.1 Å². The molecule has 1 saturated carbocycles. The van der Waals surface area contributed by atoms with Gasteiger partial charge in [-0.1, -0.05) is 48.5 Å². The molecule has 6 nitrogen and oxygen atoms in total. The van der Waals surface area contributed by atoms with Gasteiger partial charge in [-0.3, -0.25) is 0 Å². The van der Waals surface area contributed by atoms with Gasteiger partial charge in [-0.2, -0.15) is 16.9 Å². The lowest BCUT2D eigenvalue weighted by Gasteiger charge is -2.17. The van der Waals surface area contributed by atoms with Gasteiger partial charge in [-0.15, -0.1) is 0 Å². The van der Waals surface area contributed by atoms with Crippen molar-refractivity contribution in [1.29, 1.82) is 0 Å². The summed E-state index contributed by atoms with van der Waals surface area (Å²) in [5.74, 6) is 0.914. The third kappa shape index (κ3) is 5.91. The SMILES string of the molecule is CCNC(=NCc1ccccc1-c1ccc(Cn2cncn2)cc1)NC1CCC(SC)C1. The highest BCUT2D eigenvalue weighted by molar-refractivity contribution is 7.99. The third-order valence-electron chi connectivity index (χ3n) is 5.90. The maximum Gasteiger partial charge on any atom is 0.191 e. The van der Waals surface area contributed by atoms with E-state index >= 15 is 0 Å². The number of nitrogens with zero attached hydrogens (tertiary/aromatic N) is 4. The molecule has 1 aliphatic rings. The Morgan fingerprint density at radius 3 is 2.72 bits per heavy atom. The summed E-state index contributed by atoms with van der Waals surface area (Å²) in [4.78, 5) is 8.93. The van der Waals surface area contributed by atoms with Crippen LogP contribution in [0.15, 0.2) is 66.2 Å². The number of nitrogens with one attached hydrogen (secondary N) is 2. The van der Waals surface area contributed by atoms with Crippen LogP contribution in [-0.2, 0) is 13.1 Å². The van der Waals surface area contributed by atoms with Crippen LogP contribution in [0.25, 0.3) is 11.1 Å². The number of benzene rings is 2. The molecule has 2 aromatic carbocycles. The molecule has 1 aliphatic carbocycles. The van der Waals surface area contributed by atoms with Gasteiger partial charge in [0.25, 0.3) is 0 Å². The van der Waals surface area contributed by atoms with E-state index in [-0.39, 0.29) is 0 Å².